The van der Waals surface area contributed by atoms with Gasteiger partial charge in [-0.15, -0.1) is 0 Å². The smallest absolute Gasteiger partial charge is 0.310 e. The Morgan fingerprint density at radius 3 is 2.11 bits per heavy atom. The van der Waals surface area contributed by atoms with Gasteiger partial charge < -0.3 is 9.64 Å². The fourth-order valence-corrected chi connectivity index (χ4v) is 2.06. The van der Waals surface area contributed by atoms with E-state index in [1.807, 2.05) is 20.8 Å². The van der Waals surface area contributed by atoms with Crippen molar-refractivity contribution in [2.75, 3.05) is 20.2 Å². The molecule has 0 aliphatic heterocycles. The van der Waals surface area contributed by atoms with Crippen molar-refractivity contribution in [2.24, 2.45) is 11.8 Å². The number of methoxy groups -OCH3 is 1. The Balaban J connectivity index is 4.64. The molecule has 18 heavy (non-hydrogen) atoms. The highest BCUT2D eigenvalue weighted by Crippen LogP contribution is 2.14. The van der Waals surface area contributed by atoms with Gasteiger partial charge in [-0.3, -0.25) is 9.59 Å². The van der Waals surface area contributed by atoms with Crippen LogP contribution in [-0.2, 0) is 14.3 Å². The van der Waals surface area contributed by atoms with E-state index in [9.17, 15) is 9.59 Å². The molecule has 0 heterocycles. The maximum Gasteiger partial charge on any atom is 0.310 e. The maximum atomic E-state index is 12.3. The van der Waals surface area contributed by atoms with Gasteiger partial charge in [-0.1, -0.05) is 27.7 Å². The molecule has 4 heteroatoms. The van der Waals surface area contributed by atoms with Crippen molar-refractivity contribution in [1.82, 2.24) is 4.90 Å². The minimum absolute atomic E-state index is 0.0707. The first kappa shape index (κ1) is 16.9. The van der Waals surface area contributed by atoms with Crippen molar-refractivity contribution in [3.63, 3.8) is 0 Å². The van der Waals surface area contributed by atoms with E-state index in [0.29, 0.717) is 13.1 Å². The summed E-state index contributed by atoms with van der Waals surface area (Å²) in [7, 11) is 1.38. The van der Waals surface area contributed by atoms with Crippen molar-refractivity contribution in [3.05, 3.63) is 0 Å². The molecule has 0 aliphatic carbocycles. The SMILES string of the molecule is CCCN(CC(C)C(=O)OC)C(=O)C(CC)CC. The summed E-state index contributed by atoms with van der Waals surface area (Å²) in [5, 5.41) is 0. The minimum Gasteiger partial charge on any atom is -0.469 e. The molecule has 106 valence electrons. The second-order valence-corrected chi connectivity index (χ2v) is 4.72. The normalized spacial score (nSPS) is 12.3. The highest BCUT2D eigenvalue weighted by atomic mass is 16.5. The van der Waals surface area contributed by atoms with Crippen LogP contribution in [-0.4, -0.2) is 37.0 Å². The van der Waals surface area contributed by atoms with E-state index in [2.05, 4.69) is 0 Å². The van der Waals surface area contributed by atoms with Crippen molar-refractivity contribution in [3.8, 4) is 0 Å². The predicted molar refractivity (Wildman–Crippen MR) is 72.1 cm³/mol. The Morgan fingerprint density at radius 2 is 1.72 bits per heavy atom. The monoisotopic (exact) mass is 257 g/mol. The van der Waals surface area contributed by atoms with Gasteiger partial charge in [-0.05, 0) is 19.3 Å². The molecule has 0 aromatic rings. The molecule has 1 unspecified atom stereocenters. The van der Waals surface area contributed by atoms with Gasteiger partial charge in [0.1, 0.15) is 0 Å². The summed E-state index contributed by atoms with van der Waals surface area (Å²) < 4.78 is 4.71. The van der Waals surface area contributed by atoms with Gasteiger partial charge in [0.05, 0.1) is 13.0 Å². The van der Waals surface area contributed by atoms with E-state index >= 15 is 0 Å². The third-order valence-electron chi connectivity index (χ3n) is 3.24. The van der Waals surface area contributed by atoms with Gasteiger partial charge in [0.2, 0.25) is 5.91 Å². The third-order valence-corrected chi connectivity index (χ3v) is 3.24. The molecule has 0 aromatic carbocycles. The lowest BCUT2D eigenvalue weighted by Crippen LogP contribution is -2.41. The fourth-order valence-electron chi connectivity index (χ4n) is 2.06. The van der Waals surface area contributed by atoms with Crippen LogP contribution in [0.2, 0.25) is 0 Å². The number of esters is 1. The Kier molecular flexibility index (Phi) is 8.42. The number of hydrogen-bond donors (Lipinski definition) is 0. The van der Waals surface area contributed by atoms with Gasteiger partial charge in [-0.25, -0.2) is 0 Å². The van der Waals surface area contributed by atoms with Gasteiger partial charge in [0.15, 0.2) is 0 Å². The lowest BCUT2D eigenvalue weighted by Gasteiger charge is -2.28. The van der Waals surface area contributed by atoms with Gasteiger partial charge in [0.25, 0.3) is 0 Å². The first-order chi connectivity index (χ1) is 8.51. The summed E-state index contributed by atoms with van der Waals surface area (Å²) in [6, 6.07) is 0. The van der Waals surface area contributed by atoms with Gasteiger partial charge in [0, 0.05) is 19.0 Å². The Hall–Kier alpha value is -1.06. The van der Waals surface area contributed by atoms with Gasteiger partial charge >= 0.3 is 5.97 Å². The quantitative estimate of drug-likeness (QED) is 0.628. The van der Waals surface area contributed by atoms with E-state index in [1.54, 1.807) is 11.8 Å². The molecule has 1 amide bonds. The molecule has 0 saturated heterocycles. The highest BCUT2D eigenvalue weighted by Gasteiger charge is 2.24. The van der Waals surface area contributed by atoms with E-state index in [1.165, 1.54) is 7.11 Å². The molecule has 0 fully saturated rings. The van der Waals surface area contributed by atoms with Crippen LogP contribution in [0.3, 0.4) is 0 Å². The number of carbonyl (C=O) groups excluding carboxylic acids is 2. The fraction of sp³-hybridized carbons (Fsp3) is 0.857. The number of nitrogens with zero attached hydrogens (tertiary/aromatic N) is 1. The molecule has 0 rings (SSSR count). The zero-order valence-electron chi connectivity index (χ0n) is 12.4. The second kappa shape index (κ2) is 8.95. The first-order valence-corrected chi connectivity index (χ1v) is 6.88. The topological polar surface area (TPSA) is 46.6 Å². The molecule has 0 radical (unpaired) electrons. The molecular weight excluding hydrogens is 230 g/mol. The summed E-state index contributed by atoms with van der Waals surface area (Å²) in [6.45, 7) is 9.05. The van der Waals surface area contributed by atoms with Crippen LogP contribution >= 0.6 is 0 Å². The molecule has 0 N–H and O–H groups in total. The van der Waals surface area contributed by atoms with Crippen molar-refractivity contribution in [1.29, 1.82) is 0 Å². The predicted octanol–water partition coefficient (Wildman–Crippen LogP) is 2.47. The van der Waals surface area contributed by atoms with Crippen molar-refractivity contribution >= 4 is 11.9 Å². The highest BCUT2D eigenvalue weighted by molar-refractivity contribution is 5.80. The largest absolute Gasteiger partial charge is 0.469 e. The first-order valence-electron chi connectivity index (χ1n) is 6.88. The van der Waals surface area contributed by atoms with Crippen LogP contribution in [0.25, 0.3) is 0 Å². The Labute approximate surface area is 111 Å². The molecule has 0 aliphatic rings. The lowest BCUT2D eigenvalue weighted by atomic mass is 10.0. The molecule has 0 aromatic heterocycles. The number of rotatable bonds is 8. The second-order valence-electron chi connectivity index (χ2n) is 4.72. The lowest BCUT2D eigenvalue weighted by molar-refractivity contribution is -0.147. The summed E-state index contributed by atoms with van der Waals surface area (Å²) >= 11 is 0. The minimum atomic E-state index is -0.264. The van der Waals surface area contributed by atoms with Crippen molar-refractivity contribution < 1.29 is 14.3 Å². The average molecular weight is 257 g/mol. The van der Waals surface area contributed by atoms with E-state index in [4.69, 9.17) is 4.74 Å². The van der Waals surface area contributed by atoms with Crippen LogP contribution in [0.1, 0.15) is 47.0 Å². The maximum absolute atomic E-state index is 12.3. The van der Waals surface area contributed by atoms with Gasteiger partial charge in [-0.2, -0.15) is 0 Å². The summed E-state index contributed by atoms with van der Waals surface area (Å²) in [5.74, 6) is -0.285. The van der Waals surface area contributed by atoms with Crippen LogP contribution in [0.5, 0.6) is 0 Å². The van der Waals surface area contributed by atoms with Crippen molar-refractivity contribution in [2.45, 2.75) is 47.0 Å². The zero-order chi connectivity index (χ0) is 14.1. The molecular formula is C14H27NO3. The third kappa shape index (κ3) is 5.07. The number of carbonyl (C=O) groups is 2. The number of hydrogen-bond acceptors (Lipinski definition) is 3. The molecule has 0 bridgehead atoms. The Morgan fingerprint density at radius 1 is 1.17 bits per heavy atom. The van der Waals surface area contributed by atoms with E-state index < -0.39 is 0 Å². The van der Waals surface area contributed by atoms with E-state index in [0.717, 1.165) is 19.3 Å². The van der Waals surface area contributed by atoms with Crippen LogP contribution in [0, 0.1) is 11.8 Å². The van der Waals surface area contributed by atoms with Crippen LogP contribution < -0.4 is 0 Å². The standard InChI is InChI=1S/C14H27NO3/c1-6-9-15(10-11(4)14(17)18-5)13(16)12(7-2)8-3/h11-12H,6-10H2,1-5H3. The summed E-state index contributed by atoms with van der Waals surface area (Å²) in [6.07, 6.45) is 2.60. The molecule has 1 atom stereocenters. The van der Waals surface area contributed by atoms with E-state index in [-0.39, 0.29) is 23.7 Å². The molecule has 0 spiro atoms. The molecule has 4 nitrogen and oxygen atoms in total. The summed E-state index contributed by atoms with van der Waals surface area (Å²) in [5.41, 5.74) is 0. The zero-order valence-corrected chi connectivity index (χ0v) is 12.4. The average Bonchev–Trinajstić information content (AvgIpc) is 2.38. The number of amides is 1. The summed E-state index contributed by atoms with van der Waals surface area (Å²) in [4.78, 5) is 25.5. The Bertz CT molecular complexity index is 262. The number of ether oxygens (including phenoxy) is 1. The molecule has 0 saturated carbocycles. The van der Waals surface area contributed by atoms with Crippen LogP contribution in [0.4, 0.5) is 0 Å². The van der Waals surface area contributed by atoms with Crippen LogP contribution in [0.15, 0.2) is 0 Å².